The van der Waals surface area contributed by atoms with Crippen LogP contribution in [0.3, 0.4) is 0 Å². The number of thiocyanates is 1. The second-order valence-electron chi connectivity index (χ2n) is 4.58. The SMILES string of the molecule is Cc1cc(SC#N)c(C(C)(C)C)cc1O. The minimum absolute atomic E-state index is 0.0651. The first kappa shape index (κ1) is 11.9. The molecule has 15 heavy (non-hydrogen) atoms. The highest BCUT2D eigenvalue weighted by Crippen LogP contribution is 2.36. The Morgan fingerprint density at radius 1 is 1.33 bits per heavy atom. The molecule has 0 bridgehead atoms. The number of phenols is 1. The summed E-state index contributed by atoms with van der Waals surface area (Å²) in [6.07, 6.45) is 0. The van der Waals surface area contributed by atoms with Crippen LogP contribution in [0.5, 0.6) is 5.75 Å². The van der Waals surface area contributed by atoms with Crippen molar-refractivity contribution in [1.82, 2.24) is 0 Å². The molecule has 2 nitrogen and oxygen atoms in total. The van der Waals surface area contributed by atoms with Crippen LogP contribution in [-0.4, -0.2) is 5.11 Å². The van der Waals surface area contributed by atoms with Crippen LogP contribution in [0.2, 0.25) is 0 Å². The summed E-state index contributed by atoms with van der Waals surface area (Å²) in [6, 6.07) is 3.62. The monoisotopic (exact) mass is 221 g/mol. The van der Waals surface area contributed by atoms with Crippen LogP contribution in [0.1, 0.15) is 31.9 Å². The fourth-order valence-electron chi connectivity index (χ4n) is 1.39. The van der Waals surface area contributed by atoms with E-state index in [0.29, 0.717) is 5.75 Å². The van der Waals surface area contributed by atoms with Crippen LogP contribution in [0.15, 0.2) is 17.0 Å². The molecule has 0 aromatic heterocycles. The zero-order valence-corrected chi connectivity index (χ0v) is 10.3. The lowest BCUT2D eigenvalue weighted by atomic mass is 9.86. The first-order valence-electron chi connectivity index (χ1n) is 4.76. The van der Waals surface area contributed by atoms with Gasteiger partial charge in [-0.25, -0.2) is 0 Å². The number of nitriles is 1. The molecule has 0 radical (unpaired) electrons. The lowest BCUT2D eigenvalue weighted by Crippen LogP contribution is -2.12. The van der Waals surface area contributed by atoms with Crippen LogP contribution in [0, 0.1) is 17.6 Å². The maximum absolute atomic E-state index is 9.66. The van der Waals surface area contributed by atoms with Crippen molar-refractivity contribution in [2.45, 2.75) is 38.0 Å². The van der Waals surface area contributed by atoms with E-state index in [2.05, 4.69) is 26.2 Å². The van der Waals surface area contributed by atoms with Gasteiger partial charge in [0.05, 0.1) is 0 Å². The molecule has 0 saturated carbocycles. The molecule has 0 aliphatic carbocycles. The predicted octanol–water partition coefficient (Wildman–Crippen LogP) is 3.57. The van der Waals surface area contributed by atoms with Crippen molar-refractivity contribution >= 4 is 11.8 Å². The maximum Gasteiger partial charge on any atom is 0.138 e. The fourth-order valence-corrected chi connectivity index (χ4v) is 2.20. The molecule has 0 atom stereocenters. The van der Waals surface area contributed by atoms with Crippen molar-refractivity contribution in [3.05, 3.63) is 23.3 Å². The van der Waals surface area contributed by atoms with Gasteiger partial charge in [0.25, 0.3) is 0 Å². The normalized spacial score (nSPS) is 11.1. The summed E-state index contributed by atoms with van der Waals surface area (Å²) in [7, 11) is 0. The minimum Gasteiger partial charge on any atom is -0.508 e. The molecule has 1 aromatic rings. The van der Waals surface area contributed by atoms with Gasteiger partial charge in [0.1, 0.15) is 11.2 Å². The number of hydrogen-bond donors (Lipinski definition) is 1. The first-order chi connectivity index (χ1) is 6.86. The minimum atomic E-state index is -0.0651. The number of aromatic hydroxyl groups is 1. The highest BCUT2D eigenvalue weighted by molar-refractivity contribution is 8.03. The Hall–Kier alpha value is -1.14. The van der Waals surface area contributed by atoms with Gasteiger partial charge < -0.3 is 5.11 Å². The van der Waals surface area contributed by atoms with E-state index in [4.69, 9.17) is 5.26 Å². The molecule has 0 unspecified atom stereocenters. The van der Waals surface area contributed by atoms with Gasteiger partial charge in [0.2, 0.25) is 0 Å². The van der Waals surface area contributed by atoms with E-state index in [-0.39, 0.29) is 5.41 Å². The van der Waals surface area contributed by atoms with Gasteiger partial charge in [0.15, 0.2) is 0 Å². The molecule has 0 fully saturated rings. The highest BCUT2D eigenvalue weighted by atomic mass is 32.2. The van der Waals surface area contributed by atoms with Crippen molar-refractivity contribution < 1.29 is 5.11 Å². The van der Waals surface area contributed by atoms with Crippen LogP contribution in [0.25, 0.3) is 0 Å². The number of rotatable bonds is 1. The summed E-state index contributed by atoms with van der Waals surface area (Å²) in [4.78, 5) is 0.931. The molecule has 0 saturated heterocycles. The quantitative estimate of drug-likeness (QED) is 0.582. The van der Waals surface area contributed by atoms with Crippen LogP contribution in [0.4, 0.5) is 0 Å². The summed E-state index contributed by atoms with van der Waals surface area (Å²) in [6.45, 7) is 8.04. The average Bonchev–Trinajstić information content (AvgIpc) is 2.09. The largest absolute Gasteiger partial charge is 0.508 e. The molecule has 3 heteroatoms. The van der Waals surface area contributed by atoms with Gasteiger partial charge in [0, 0.05) is 4.90 Å². The lowest BCUT2D eigenvalue weighted by molar-refractivity contribution is 0.465. The second-order valence-corrected chi connectivity index (χ2v) is 5.40. The third-order valence-electron chi connectivity index (χ3n) is 2.26. The Kier molecular flexibility index (Phi) is 3.31. The van der Waals surface area contributed by atoms with E-state index in [0.717, 1.165) is 27.8 Å². The van der Waals surface area contributed by atoms with Crippen molar-refractivity contribution in [2.24, 2.45) is 0 Å². The second kappa shape index (κ2) is 4.16. The van der Waals surface area contributed by atoms with E-state index in [1.807, 2.05) is 13.0 Å². The molecule has 0 aliphatic heterocycles. The number of aryl methyl sites for hydroxylation is 1. The van der Waals surface area contributed by atoms with Gasteiger partial charge >= 0.3 is 0 Å². The maximum atomic E-state index is 9.66. The molecular formula is C12H15NOS. The zero-order chi connectivity index (χ0) is 11.6. The Morgan fingerprint density at radius 3 is 2.40 bits per heavy atom. The smallest absolute Gasteiger partial charge is 0.138 e. The summed E-state index contributed by atoms with van der Waals surface area (Å²) < 4.78 is 0. The van der Waals surface area contributed by atoms with E-state index in [1.54, 1.807) is 6.07 Å². The molecule has 1 aromatic carbocycles. The number of phenolic OH excluding ortho intramolecular Hbond substituents is 1. The van der Waals surface area contributed by atoms with Crippen molar-refractivity contribution in [1.29, 1.82) is 5.26 Å². The topological polar surface area (TPSA) is 44.0 Å². The summed E-state index contributed by atoms with van der Waals surface area (Å²) in [5.74, 6) is 0.294. The molecule has 1 N–H and O–H groups in total. The summed E-state index contributed by atoms with van der Waals surface area (Å²) >= 11 is 1.15. The van der Waals surface area contributed by atoms with Gasteiger partial charge in [-0.15, -0.1) is 0 Å². The Morgan fingerprint density at radius 2 is 1.93 bits per heavy atom. The third-order valence-corrected chi connectivity index (χ3v) is 2.91. The van der Waals surface area contributed by atoms with Gasteiger partial charge in [-0.05, 0) is 47.4 Å². The first-order valence-corrected chi connectivity index (χ1v) is 5.58. The van der Waals surface area contributed by atoms with Gasteiger partial charge in [-0.1, -0.05) is 20.8 Å². The average molecular weight is 221 g/mol. The number of nitrogens with zero attached hydrogens (tertiary/aromatic N) is 1. The molecular weight excluding hydrogens is 206 g/mol. The number of thioether (sulfide) groups is 1. The predicted molar refractivity (Wildman–Crippen MR) is 63.0 cm³/mol. The number of hydrogen-bond acceptors (Lipinski definition) is 3. The van der Waals surface area contributed by atoms with Crippen molar-refractivity contribution in [3.63, 3.8) is 0 Å². The van der Waals surface area contributed by atoms with E-state index < -0.39 is 0 Å². The van der Waals surface area contributed by atoms with Crippen LogP contribution in [-0.2, 0) is 5.41 Å². The zero-order valence-electron chi connectivity index (χ0n) is 9.46. The molecule has 1 rings (SSSR count). The summed E-state index contributed by atoms with van der Waals surface area (Å²) in [5, 5.41) is 20.5. The van der Waals surface area contributed by atoms with Crippen molar-refractivity contribution in [3.8, 4) is 11.2 Å². The Bertz CT molecular complexity index is 413. The third kappa shape index (κ3) is 2.66. The van der Waals surface area contributed by atoms with E-state index in [1.165, 1.54) is 0 Å². The van der Waals surface area contributed by atoms with Crippen molar-refractivity contribution in [2.75, 3.05) is 0 Å². The van der Waals surface area contributed by atoms with E-state index in [9.17, 15) is 5.11 Å². The van der Waals surface area contributed by atoms with Crippen LogP contribution < -0.4 is 0 Å². The molecule has 0 aliphatic rings. The standard InChI is InChI=1S/C12H15NOS/c1-8-5-11(15-7-13)9(6-10(8)14)12(2,3)4/h5-6,14H,1-4H3. The lowest BCUT2D eigenvalue weighted by Gasteiger charge is -2.22. The highest BCUT2D eigenvalue weighted by Gasteiger charge is 2.19. The summed E-state index contributed by atoms with van der Waals surface area (Å²) in [5.41, 5.74) is 1.75. The molecule has 0 amide bonds. The molecule has 80 valence electrons. The van der Waals surface area contributed by atoms with E-state index >= 15 is 0 Å². The Balaban J connectivity index is 3.36. The molecule has 0 spiro atoms. The van der Waals surface area contributed by atoms with Gasteiger partial charge in [-0.2, -0.15) is 5.26 Å². The number of benzene rings is 1. The fraction of sp³-hybridized carbons (Fsp3) is 0.417. The molecule has 0 heterocycles. The van der Waals surface area contributed by atoms with Gasteiger partial charge in [-0.3, -0.25) is 0 Å². The Labute approximate surface area is 94.9 Å². The van der Waals surface area contributed by atoms with Crippen LogP contribution >= 0.6 is 11.8 Å².